The number of anilines is 1. The van der Waals surface area contributed by atoms with Crippen molar-refractivity contribution in [2.24, 2.45) is 0 Å². The van der Waals surface area contributed by atoms with Crippen LogP contribution in [0.5, 0.6) is 0 Å². The molecule has 4 heterocycles. The molecule has 1 aromatic carbocycles. The minimum Gasteiger partial charge on any atom is -0.350 e. The van der Waals surface area contributed by atoms with E-state index < -0.39 is 11.5 Å². The molecule has 0 aliphatic carbocycles. The number of nitriles is 1. The van der Waals surface area contributed by atoms with Crippen LogP contribution < -0.4 is 15.9 Å². The van der Waals surface area contributed by atoms with Crippen molar-refractivity contribution in [1.82, 2.24) is 24.8 Å². The van der Waals surface area contributed by atoms with Crippen molar-refractivity contribution in [2.45, 2.75) is 6.54 Å². The molecule has 2 N–H and O–H groups in total. The van der Waals surface area contributed by atoms with Gasteiger partial charge in [0, 0.05) is 31.4 Å². The average Bonchev–Trinajstić information content (AvgIpc) is 3.06. The topological polar surface area (TPSA) is 120 Å². The number of fused-ring (bicyclic) bond motifs is 2. The number of aromatic nitrogens is 4. The lowest BCUT2D eigenvalue weighted by atomic mass is 10.1. The Morgan fingerprint density at radius 1 is 1.16 bits per heavy atom. The molecule has 10 heteroatoms. The molecule has 0 radical (unpaired) electrons. The van der Waals surface area contributed by atoms with Crippen molar-refractivity contribution in [3.05, 3.63) is 81.7 Å². The molecule has 9 nitrogen and oxygen atoms in total. The zero-order valence-electron chi connectivity index (χ0n) is 16.7. The molecule has 0 saturated carbocycles. The fourth-order valence-corrected chi connectivity index (χ4v) is 3.82. The van der Waals surface area contributed by atoms with Gasteiger partial charge in [-0.05, 0) is 36.4 Å². The van der Waals surface area contributed by atoms with Gasteiger partial charge in [-0.2, -0.15) is 5.26 Å². The van der Waals surface area contributed by atoms with Gasteiger partial charge in [0.25, 0.3) is 5.91 Å². The van der Waals surface area contributed by atoms with Gasteiger partial charge in [-0.15, -0.1) is 0 Å². The zero-order chi connectivity index (χ0) is 22.2. The van der Waals surface area contributed by atoms with Gasteiger partial charge < -0.3 is 10.2 Å². The summed E-state index contributed by atoms with van der Waals surface area (Å²) in [5, 5.41) is 12.2. The number of amides is 1. The SMILES string of the molecule is N#Cc1cccc(F)c1CN1CCNC(=O)c2ccc(-n3c(=O)[nH]c4ncccc43)nc21. The number of rotatable bonds is 3. The molecular formula is C22H16FN7O2. The van der Waals surface area contributed by atoms with Crippen molar-refractivity contribution in [3.63, 3.8) is 0 Å². The molecule has 0 fully saturated rings. The molecule has 32 heavy (non-hydrogen) atoms. The Kier molecular flexibility index (Phi) is 4.63. The van der Waals surface area contributed by atoms with Gasteiger partial charge in [-0.1, -0.05) is 6.07 Å². The fourth-order valence-electron chi connectivity index (χ4n) is 3.82. The molecule has 1 amide bonds. The fraction of sp³-hybridized carbons (Fsp3) is 0.136. The van der Waals surface area contributed by atoms with E-state index in [4.69, 9.17) is 0 Å². The standard InChI is InChI=1S/C22H16FN7O2/c23-16-4-1-3-13(11-24)15(16)12-29-10-9-26-21(31)14-6-7-18(27-20(14)29)30-17-5-2-8-25-19(17)28-22(30)32/h1-8H,9-10,12H2,(H,26,31)(H,25,28,32). The lowest BCUT2D eigenvalue weighted by molar-refractivity contribution is 0.0957. The predicted molar refractivity (Wildman–Crippen MR) is 114 cm³/mol. The molecule has 0 spiro atoms. The number of aromatic amines is 1. The summed E-state index contributed by atoms with van der Waals surface area (Å²) in [6.45, 7) is 0.703. The maximum absolute atomic E-state index is 14.5. The summed E-state index contributed by atoms with van der Waals surface area (Å²) in [5.74, 6) is -0.232. The van der Waals surface area contributed by atoms with Crippen LogP contribution in [0.25, 0.3) is 17.0 Å². The quantitative estimate of drug-likeness (QED) is 0.513. The van der Waals surface area contributed by atoms with Crippen LogP contribution in [0.2, 0.25) is 0 Å². The van der Waals surface area contributed by atoms with Crippen LogP contribution in [-0.4, -0.2) is 38.5 Å². The van der Waals surface area contributed by atoms with Crippen molar-refractivity contribution >= 4 is 22.9 Å². The Morgan fingerprint density at radius 2 is 2.03 bits per heavy atom. The third-order valence-electron chi connectivity index (χ3n) is 5.34. The van der Waals surface area contributed by atoms with E-state index in [1.54, 1.807) is 41.4 Å². The molecule has 0 saturated heterocycles. The summed E-state index contributed by atoms with van der Waals surface area (Å²) in [6.07, 6.45) is 1.57. The highest BCUT2D eigenvalue weighted by Gasteiger charge is 2.25. The second-order valence-corrected chi connectivity index (χ2v) is 7.23. The van der Waals surface area contributed by atoms with E-state index in [-0.39, 0.29) is 23.6 Å². The predicted octanol–water partition coefficient (Wildman–Crippen LogP) is 1.87. The minimum atomic E-state index is -0.510. The summed E-state index contributed by atoms with van der Waals surface area (Å²) in [7, 11) is 0. The summed E-state index contributed by atoms with van der Waals surface area (Å²) < 4.78 is 15.9. The van der Waals surface area contributed by atoms with E-state index in [0.717, 1.165) is 0 Å². The van der Waals surface area contributed by atoms with E-state index >= 15 is 0 Å². The lowest BCUT2D eigenvalue weighted by Gasteiger charge is -2.24. The van der Waals surface area contributed by atoms with Crippen LogP contribution >= 0.6 is 0 Å². The monoisotopic (exact) mass is 429 g/mol. The number of hydrogen-bond acceptors (Lipinski definition) is 6. The van der Waals surface area contributed by atoms with Gasteiger partial charge in [-0.3, -0.25) is 9.78 Å². The highest BCUT2D eigenvalue weighted by Crippen LogP contribution is 2.26. The zero-order valence-corrected chi connectivity index (χ0v) is 16.7. The first kappa shape index (κ1) is 19.4. The van der Waals surface area contributed by atoms with Crippen molar-refractivity contribution in [2.75, 3.05) is 18.0 Å². The van der Waals surface area contributed by atoms with Gasteiger partial charge in [-0.25, -0.2) is 23.7 Å². The summed E-state index contributed by atoms with van der Waals surface area (Å²) in [4.78, 5) is 38.3. The van der Waals surface area contributed by atoms with Crippen molar-refractivity contribution in [1.29, 1.82) is 5.26 Å². The Bertz CT molecular complexity index is 1470. The number of nitrogens with zero attached hydrogens (tertiary/aromatic N) is 5. The van der Waals surface area contributed by atoms with E-state index in [9.17, 15) is 19.2 Å². The number of H-pyrrole nitrogens is 1. The summed E-state index contributed by atoms with van der Waals surface area (Å²) in [5.41, 5.74) is 1.26. The Labute approximate surface area is 180 Å². The van der Waals surface area contributed by atoms with Crippen LogP contribution in [0.15, 0.2) is 53.5 Å². The molecule has 1 aliphatic rings. The third-order valence-corrected chi connectivity index (χ3v) is 5.34. The number of imidazole rings is 1. The smallest absolute Gasteiger partial charge is 0.333 e. The van der Waals surface area contributed by atoms with Crippen LogP contribution in [0.3, 0.4) is 0 Å². The number of halogens is 1. The van der Waals surface area contributed by atoms with E-state index in [1.807, 2.05) is 6.07 Å². The third kappa shape index (κ3) is 3.16. The largest absolute Gasteiger partial charge is 0.350 e. The Morgan fingerprint density at radius 3 is 2.88 bits per heavy atom. The number of carbonyl (C=O) groups excluding carboxylic acids is 1. The number of nitrogens with one attached hydrogen (secondary N) is 2. The summed E-state index contributed by atoms with van der Waals surface area (Å²) >= 11 is 0. The first-order chi connectivity index (χ1) is 15.6. The second kappa shape index (κ2) is 7.63. The normalized spacial score (nSPS) is 13.4. The minimum absolute atomic E-state index is 0.0400. The molecular weight excluding hydrogens is 413 g/mol. The molecule has 158 valence electrons. The lowest BCUT2D eigenvalue weighted by Crippen LogP contribution is -2.30. The van der Waals surface area contributed by atoms with Crippen LogP contribution in [0.4, 0.5) is 10.2 Å². The van der Waals surface area contributed by atoms with Crippen LogP contribution in [-0.2, 0) is 6.54 Å². The first-order valence-electron chi connectivity index (χ1n) is 9.84. The van der Waals surface area contributed by atoms with E-state index in [1.165, 1.54) is 16.7 Å². The van der Waals surface area contributed by atoms with E-state index in [2.05, 4.69) is 20.3 Å². The molecule has 0 unspecified atom stereocenters. The van der Waals surface area contributed by atoms with Crippen molar-refractivity contribution < 1.29 is 9.18 Å². The Balaban J connectivity index is 1.66. The molecule has 5 rings (SSSR count). The summed E-state index contributed by atoms with van der Waals surface area (Å²) in [6, 6.07) is 12.9. The average molecular weight is 429 g/mol. The van der Waals surface area contributed by atoms with Gasteiger partial charge in [0.2, 0.25) is 0 Å². The maximum atomic E-state index is 14.5. The molecule has 3 aromatic heterocycles. The highest BCUT2D eigenvalue weighted by atomic mass is 19.1. The number of pyridine rings is 2. The number of hydrogen-bond donors (Lipinski definition) is 2. The maximum Gasteiger partial charge on any atom is 0.333 e. The number of benzene rings is 1. The van der Waals surface area contributed by atoms with Gasteiger partial charge in [0.15, 0.2) is 5.65 Å². The number of carbonyl (C=O) groups is 1. The second-order valence-electron chi connectivity index (χ2n) is 7.23. The highest BCUT2D eigenvalue weighted by molar-refractivity contribution is 5.99. The van der Waals surface area contributed by atoms with Gasteiger partial charge >= 0.3 is 5.69 Å². The molecule has 4 aromatic rings. The molecule has 1 aliphatic heterocycles. The molecule has 0 bridgehead atoms. The van der Waals surface area contributed by atoms with Crippen LogP contribution in [0, 0.1) is 17.1 Å². The molecule has 0 atom stereocenters. The van der Waals surface area contributed by atoms with Crippen LogP contribution in [0.1, 0.15) is 21.5 Å². The van der Waals surface area contributed by atoms with Crippen molar-refractivity contribution in [3.8, 4) is 11.9 Å². The van der Waals surface area contributed by atoms with Gasteiger partial charge in [0.1, 0.15) is 17.5 Å². The first-order valence-corrected chi connectivity index (χ1v) is 9.84. The Hall–Kier alpha value is -4.52. The van der Waals surface area contributed by atoms with Gasteiger partial charge in [0.05, 0.1) is 22.7 Å². The van der Waals surface area contributed by atoms with E-state index in [0.29, 0.717) is 41.5 Å².